The van der Waals surface area contributed by atoms with Crippen molar-refractivity contribution in [2.45, 2.75) is 11.3 Å². The smallest absolute Gasteiger partial charge is 0.253 e. The van der Waals surface area contributed by atoms with Gasteiger partial charge < -0.3 is 9.64 Å². The molecule has 0 radical (unpaired) electrons. The summed E-state index contributed by atoms with van der Waals surface area (Å²) in [7, 11) is 0.674. The molecule has 1 amide bonds. The zero-order valence-electron chi connectivity index (χ0n) is 16.7. The topological polar surface area (TPSA) is 75.7 Å². The van der Waals surface area contributed by atoms with Crippen molar-refractivity contribution in [3.05, 3.63) is 71.8 Å². The summed E-state index contributed by atoms with van der Waals surface area (Å²) in [5.41, 5.74) is 1.45. The molecule has 0 saturated heterocycles. The molecule has 0 atom stereocenters. The first-order valence-corrected chi connectivity index (χ1v) is 10.7. The number of amides is 1. The maximum atomic E-state index is 12.9. The van der Waals surface area contributed by atoms with Crippen LogP contribution in [0.3, 0.4) is 0 Å². The normalized spacial score (nSPS) is 11.4. The van der Waals surface area contributed by atoms with Gasteiger partial charge in [0.25, 0.3) is 5.91 Å². The average Bonchev–Trinajstić information content (AvgIpc) is 2.76. The van der Waals surface area contributed by atoms with Gasteiger partial charge in [-0.3, -0.25) is 4.79 Å². The molecule has 0 aliphatic carbocycles. The van der Waals surface area contributed by atoms with Gasteiger partial charge in [-0.25, -0.2) is 13.1 Å². The number of likely N-dealkylation sites (N-methyl/N-ethyl adjacent to an activating group) is 1. The second-order valence-corrected chi connectivity index (χ2v) is 8.54. The van der Waals surface area contributed by atoms with Gasteiger partial charge in [-0.2, -0.15) is 0 Å². The first kappa shape index (κ1) is 20.8. The largest absolute Gasteiger partial charge is 0.495 e. The molecule has 0 aliphatic heterocycles. The molecule has 0 fully saturated rings. The van der Waals surface area contributed by atoms with E-state index >= 15 is 0 Å². The quantitative estimate of drug-likeness (QED) is 0.647. The summed E-state index contributed by atoms with van der Waals surface area (Å²) in [5, 5.41) is 2.33. The Morgan fingerprint density at radius 1 is 1.07 bits per heavy atom. The van der Waals surface area contributed by atoms with Crippen LogP contribution in [0.25, 0.3) is 10.8 Å². The minimum Gasteiger partial charge on any atom is -0.495 e. The first-order valence-electron chi connectivity index (χ1n) is 9.21. The summed E-state index contributed by atoms with van der Waals surface area (Å²) >= 11 is 0. The van der Waals surface area contributed by atoms with Gasteiger partial charge in [0.15, 0.2) is 0 Å². The van der Waals surface area contributed by atoms with Gasteiger partial charge >= 0.3 is 0 Å². The van der Waals surface area contributed by atoms with Crippen molar-refractivity contribution in [1.29, 1.82) is 0 Å². The number of nitrogens with one attached hydrogen (secondary N) is 1. The Hall–Kier alpha value is -2.90. The van der Waals surface area contributed by atoms with Crippen LogP contribution in [0.15, 0.2) is 65.6 Å². The molecule has 3 aromatic carbocycles. The van der Waals surface area contributed by atoms with Crippen LogP contribution in [-0.2, 0) is 16.4 Å². The van der Waals surface area contributed by atoms with Gasteiger partial charge in [0.1, 0.15) is 10.6 Å². The Morgan fingerprint density at radius 2 is 1.79 bits per heavy atom. The van der Waals surface area contributed by atoms with Gasteiger partial charge in [-0.05, 0) is 48.0 Å². The van der Waals surface area contributed by atoms with Gasteiger partial charge in [0, 0.05) is 19.2 Å². The fraction of sp³-hybridized carbons (Fsp3) is 0.227. The van der Waals surface area contributed by atoms with Crippen LogP contribution >= 0.6 is 0 Å². The van der Waals surface area contributed by atoms with E-state index in [9.17, 15) is 13.2 Å². The standard InChI is InChI=1S/C22H24N2O4S/c1-23-29(26,27)21-15-18(11-12-20(21)28-3)22(25)24(2)14-13-17-9-6-8-16-7-4-5-10-19(16)17/h4-12,15,23H,13-14H2,1-3H3. The molecular formula is C22H24N2O4S. The van der Waals surface area contributed by atoms with Gasteiger partial charge in [-0.1, -0.05) is 42.5 Å². The molecule has 7 heteroatoms. The van der Waals surface area contributed by atoms with Gasteiger partial charge in [-0.15, -0.1) is 0 Å². The van der Waals surface area contributed by atoms with Crippen molar-refractivity contribution in [3.8, 4) is 5.75 Å². The summed E-state index contributed by atoms with van der Waals surface area (Å²) in [6.07, 6.45) is 0.696. The van der Waals surface area contributed by atoms with E-state index < -0.39 is 10.0 Å². The van der Waals surface area contributed by atoms with Crippen molar-refractivity contribution in [2.24, 2.45) is 0 Å². The summed E-state index contributed by atoms with van der Waals surface area (Å²) in [5.74, 6) is -0.0604. The maximum Gasteiger partial charge on any atom is 0.253 e. The van der Waals surface area contributed by atoms with Crippen LogP contribution in [0.5, 0.6) is 5.75 Å². The molecule has 0 spiro atoms. The molecule has 0 saturated carbocycles. The van der Waals surface area contributed by atoms with Crippen molar-refractivity contribution in [1.82, 2.24) is 9.62 Å². The summed E-state index contributed by atoms with van der Waals surface area (Å²) in [6, 6.07) is 18.7. The summed E-state index contributed by atoms with van der Waals surface area (Å²) in [6.45, 7) is 0.507. The van der Waals surface area contributed by atoms with Crippen molar-refractivity contribution >= 4 is 26.7 Å². The Bertz CT molecular complexity index is 1140. The van der Waals surface area contributed by atoms with Crippen molar-refractivity contribution < 1.29 is 17.9 Å². The number of carbonyl (C=O) groups excluding carboxylic acids is 1. The monoisotopic (exact) mass is 412 g/mol. The molecule has 0 heterocycles. The number of sulfonamides is 1. The second kappa shape index (κ2) is 8.63. The molecule has 29 heavy (non-hydrogen) atoms. The van der Waals surface area contributed by atoms with Crippen LogP contribution in [0.2, 0.25) is 0 Å². The van der Waals surface area contributed by atoms with Gasteiger partial charge in [0.2, 0.25) is 10.0 Å². The number of rotatable bonds is 7. The highest BCUT2D eigenvalue weighted by molar-refractivity contribution is 7.89. The van der Waals surface area contributed by atoms with E-state index in [2.05, 4.69) is 29.0 Å². The number of hydrogen-bond acceptors (Lipinski definition) is 4. The molecule has 152 valence electrons. The lowest BCUT2D eigenvalue weighted by Gasteiger charge is -2.19. The number of ether oxygens (including phenoxy) is 1. The zero-order chi connectivity index (χ0) is 21.0. The highest BCUT2D eigenvalue weighted by Gasteiger charge is 2.21. The third-order valence-electron chi connectivity index (χ3n) is 4.91. The van der Waals surface area contributed by atoms with Crippen LogP contribution in [0, 0.1) is 0 Å². The lowest BCUT2D eigenvalue weighted by atomic mass is 10.0. The van der Waals surface area contributed by atoms with E-state index in [0.29, 0.717) is 18.5 Å². The second-order valence-electron chi connectivity index (χ2n) is 6.69. The fourth-order valence-corrected chi connectivity index (χ4v) is 4.17. The number of hydrogen-bond donors (Lipinski definition) is 1. The number of carbonyl (C=O) groups is 1. The minimum atomic E-state index is -3.75. The average molecular weight is 413 g/mol. The van der Waals surface area contributed by atoms with E-state index in [1.165, 1.54) is 31.7 Å². The number of nitrogens with zero attached hydrogens (tertiary/aromatic N) is 1. The van der Waals surface area contributed by atoms with E-state index in [0.717, 1.165) is 10.9 Å². The van der Waals surface area contributed by atoms with E-state index in [-0.39, 0.29) is 16.6 Å². The first-order chi connectivity index (χ1) is 13.9. The number of benzene rings is 3. The molecule has 0 aliphatic rings. The summed E-state index contributed by atoms with van der Waals surface area (Å²) < 4.78 is 31.9. The van der Waals surface area contributed by atoms with Crippen LogP contribution in [0.4, 0.5) is 0 Å². The number of methoxy groups -OCH3 is 1. The SMILES string of the molecule is CNS(=O)(=O)c1cc(C(=O)N(C)CCc2cccc3ccccc23)ccc1OC. The molecule has 0 unspecified atom stereocenters. The Kier molecular flexibility index (Phi) is 6.20. The predicted molar refractivity (Wildman–Crippen MR) is 114 cm³/mol. The highest BCUT2D eigenvalue weighted by Crippen LogP contribution is 2.25. The minimum absolute atomic E-state index is 0.0594. The highest BCUT2D eigenvalue weighted by atomic mass is 32.2. The van der Waals surface area contributed by atoms with Crippen LogP contribution in [0.1, 0.15) is 15.9 Å². The molecule has 6 nitrogen and oxygen atoms in total. The lowest BCUT2D eigenvalue weighted by Crippen LogP contribution is -2.29. The van der Waals surface area contributed by atoms with Crippen molar-refractivity contribution in [2.75, 3.05) is 27.7 Å². The Morgan fingerprint density at radius 3 is 2.52 bits per heavy atom. The fourth-order valence-electron chi connectivity index (χ4n) is 3.25. The molecule has 0 aromatic heterocycles. The number of fused-ring (bicyclic) bond motifs is 1. The van der Waals surface area contributed by atoms with E-state index in [4.69, 9.17) is 4.74 Å². The lowest BCUT2D eigenvalue weighted by molar-refractivity contribution is 0.0796. The molecule has 3 aromatic rings. The third-order valence-corrected chi connectivity index (χ3v) is 6.35. The Labute approximate surface area is 171 Å². The third kappa shape index (κ3) is 4.41. The zero-order valence-corrected chi connectivity index (χ0v) is 17.5. The Balaban J connectivity index is 1.80. The molecule has 3 rings (SSSR count). The maximum absolute atomic E-state index is 12.9. The molecule has 1 N–H and O–H groups in total. The van der Waals surface area contributed by atoms with Gasteiger partial charge in [0.05, 0.1) is 7.11 Å². The summed E-state index contributed by atoms with van der Waals surface area (Å²) in [4.78, 5) is 14.4. The molecule has 0 bridgehead atoms. The predicted octanol–water partition coefficient (Wildman–Crippen LogP) is 3.07. The van der Waals surface area contributed by atoms with Crippen molar-refractivity contribution in [3.63, 3.8) is 0 Å². The molecular weight excluding hydrogens is 388 g/mol. The van der Waals surface area contributed by atoms with E-state index in [1.807, 2.05) is 18.2 Å². The van der Waals surface area contributed by atoms with E-state index in [1.54, 1.807) is 18.0 Å². The van der Waals surface area contributed by atoms with Crippen LogP contribution < -0.4 is 9.46 Å². The van der Waals surface area contributed by atoms with Crippen LogP contribution in [-0.4, -0.2) is 47.0 Å².